The summed E-state index contributed by atoms with van der Waals surface area (Å²) in [5, 5.41) is 6.00. The first-order valence-corrected chi connectivity index (χ1v) is 10.0. The van der Waals surface area contributed by atoms with E-state index >= 15 is 0 Å². The van der Waals surface area contributed by atoms with Crippen LogP contribution in [0.4, 0.5) is 4.79 Å². The number of carbonyl (C=O) groups is 2. The van der Waals surface area contributed by atoms with Gasteiger partial charge in [0.25, 0.3) is 0 Å². The van der Waals surface area contributed by atoms with Crippen molar-refractivity contribution in [3.63, 3.8) is 0 Å². The summed E-state index contributed by atoms with van der Waals surface area (Å²) in [6.07, 6.45) is 0.743. The van der Waals surface area contributed by atoms with Crippen LogP contribution in [0.5, 0.6) is 0 Å². The number of nitrogens with zero attached hydrogens (tertiary/aromatic N) is 1. The number of rotatable bonds is 5. The number of benzene rings is 2. The van der Waals surface area contributed by atoms with Crippen molar-refractivity contribution in [3.8, 4) is 0 Å². The number of piperidine rings is 1. The number of carbonyl (C=O) groups excluding carboxylic acids is 2. The molecule has 1 aliphatic heterocycles. The SMILES string of the molecule is CCNC(=O)N1CC(C(=O)NC(C)c2ccccc2)CC(c2ccccc2)C1. The van der Waals surface area contributed by atoms with Crippen molar-refractivity contribution >= 4 is 11.9 Å². The minimum absolute atomic E-state index is 0.00582. The molecule has 1 fully saturated rings. The molecule has 0 bridgehead atoms. The van der Waals surface area contributed by atoms with E-state index in [4.69, 9.17) is 0 Å². The number of amides is 3. The fraction of sp³-hybridized carbons (Fsp3) is 0.391. The first kappa shape index (κ1) is 19.9. The third kappa shape index (κ3) is 4.91. The monoisotopic (exact) mass is 379 g/mol. The molecule has 2 aromatic rings. The molecule has 148 valence electrons. The number of nitrogens with one attached hydrogen (secondary N) is 2. The largest absolute Gasteiger partial charge is 0.349 e. The minimum Gasteiger partial charge on any atom is -0.349 e. The Hall–Kier alpha value is -2.82. The maximum Gasteiger partial charge on any atom is 0.317 e. The van der Waals surface area contributed by atoms with Gasteiger partial charge in [-0.05, 0) is 31.4 Å². The Balaban J connectivity index is 1.74. The maximum absolute atomic E-state index is 13.0. The summed E-state index contributed by atoms with van der Waals surface area (Å²) in [4.78, 5) is 27.3. The van der Waals surface area contributed by atoms with E-state index in [2.05, 4.69) is 22.8 Å². The van der Waals surface area contributed by atoms with Gasteiger partial charge in [-0.25, -0.2) is 4.79 Å². The standard InChI is InChI=1S/C23H29N3O2/c1-3-24-23(28)26-15-20(19-12-8-5-9-13-19)14-21(16-26)22(27)25-17(2)18-10-6-4-7-11-18/h4-13,17,20-21H,3,14-16H2,1-2H3,(H,24,28)(H,25,27). The molecule has 5 nitrogen and oxygen atoms in total. The number of urea groups is 1. The van der Waals surface area contributed by atoms with Crippen LogP contribution in [-0.2, 0) is 4.79 Å². The highest BCUT2D eigenvalue weighted by Gasteiger charge is 2.34. The lowest BCUT2D eigenvalue weighted by Crippen LogP contribution is -2.51. The zero-order valence-corrected chi connectivity index (χ0v) is 16.6. The molecule has 3 amide bonds. The molecule has 2 N–H and O–H groups in total. The molecule has 28 heavy (non-hydrogen) atoms. The zero-order chi connectivity index (χ0) is 19.9. The lowest BCUT2D eigenvalue weighted by Gasteiger charge is -2.37. The predicted molar refractivity (Wildman–Crippen MR) is 111 cm³/mol. The average Bonchev–Trinajstić information content (AvgIpc) is 2.74. The normalized spacial score (nSPS) is 20.3. The third-order valence-corrected chi connectivity index (χ3v) is 5.37. The smallest absolute Gasteiger partial charge is 0.317 e. The highest BCUT2D eigenvalue weighted by atomic mass is 16.2. The minimum atomic E-state index is -0.229. The van der Waals surface area contributed by atoms with Crippen LogP contribution in [0.25, 0.3) is 0 Å². The molecule has 1 heterocycles. The van der Waals surface area contributed by atoms with Gasteiger partial charge >= 0.3 is 6.03 Å². The van der Waals surface area contributed by atoms with Crippen molar-refractivity contribution in [1.82, 2.24) is 15.5 Å². The highest BCUT2D eigenvalue weighted by Crippen LogP contribution is 2.31. The fourth-order valence-electron chi connectivity index (χ4n) is 3.84. The van der Waals surface area contributed by atoms with E-state index in [0.717, 1.165) is 12.0 Å². The lowest BCUT2D eigenvalue weighted by atomic mass is 9.84. The molecule has 3 unspecified atom stereocenters. The summed E-state index contributed by atoms with van der Waals surface area (Å²) >= 11 is 0. The molecule has 1 aliphatic rings. The third-order valence-electron chi connectivity index (χ3n) is 5.37. The topological polar surface area (TPSA) is 61.4 Å². The second-order valence-corrected chi connectivity index (χ2v) is 7.42. The lowest BCUT2D eigenvalue weighted by molar-refractivity contribution is -0.127. The Bertz CT molecular complexity index is 779. The van der Waals surface area contributed by atoms with E-state index in [1.165, 1.54) is 5.56 Å². The molecule has 5 heteroatoms. The molecule has 0 spiro atoms. The molecule has 3 rings (SSSR count). The Labute approximate surface area is 167 Å². The Morgan fingerprint density at radius 1 is 1.04 bits per heavy atom. The highest BCUT2D eigenvalue weighted by molar-refractivity contribution is 5.81. The second-order valence-electron chi connectivity index (χ2n) is 7.42. The zero-order valence-electron chi connectivity index (χ0n) is 16.6. The first-order chi connectivity index (χ1) is 13.6. The Morgan fingerprint density at radius 3 is 2.32 bits per heavy atom. The van der Waals surface area contributed by atoms with Crippen LogP contribution in [0, 0.1) is 5.92 Å². The number of likely N-dealkylation sites (tertiary alicyclic amines) is 1. The van der Waals surface area contributed by atoms with Crippen LogP contribution in [-0.4, -0.2) is 36.5 Å². The van der Waals surface area contributed by atoms with Crippen LogP contribution in [0.15, 0.2) is 60.7 Å². The van der Waals surface area contributed by atoms with Crippen molar-refractivity contribution in [2.45, 2.75) is 32.2 Å². The van der Waals surface area contributed by atoms with Gasteiger partial charge in [-0.3, -0.25) is 4.79 Å². The summed E-state index contributed by atoms with van der Waals surface area (Å²) in [7, 11) is 0. The van der Waals surface area contributed by atoms with E-state index in [9.17, 15) is 9.59 Å². The van der Waals surface area contributed by atoms with Gasteiger partial charge in [0, 0.05) is 25.6 Å². The average molecular weight is 380 g/mol. The molecule has 2 aromatic carbocycles. The quantitative estimate of drug-likeness (QED) is 0.832. The molecular weight excluding hydrogens is 350 g/mol. The first-order valence-electron chi connectivity index (χ1n) is 10.0. The summed E-state index contributed by atoms with van der Waals surface area (Å²) in [6, 6.07) is 19.9. The van der Waals surface area contributed by atoms with Crippen molar-refractivity contribution in [1.29, 1.82) is 0 Å². The van der Waals surface area contributed by atoms with Crippen LogP contribution in [0.1, 0.15) is 43.4 Å². The van der Waals surface area contributed by atoms with Crippen LogP contribution < -0.4 is 10.6 Å². The van der Waals surface area contributed by atoms with Gasteiger partial charge in [-0.2, -0.15) is 0 Å². The maximum atomic E-state index is 13.0. The molecular formula is C23H29N3O2. The Morgan fingerprint density at radius 2 is 1.68 bits per heavy atom. The molecule has 3 atom stereocenters. The van der Waals surface area contributed by atoms with Gasteiger partial charge in [-0.15, -0.1) is 0 Å². The van der Waals surface area contributed by atoms with E-state index in [-0.39, 0.29) is 29.8 Å². The van der Waals surface area contributed by atoms with Crippen LogP contribution in [0.2, 0.25) is 0 Å². The Kier molecular flexibility index (Phi) is 6.69. The molecule has 1 saturated heterocycles. The van der Waals surface area contributed by atoms with Gasteiger partial charge in [0.2, 0.25) is 5.91 Å². The number of hydrogen-bond donors (Lipinski definition) is 2. The van der Waals surface area contributed by atoms with Gasteiger partial charge in [0.05, 0.1) is 12.0 Å². The van der Waals surface area contributed by atoms with E-state index in [1.807, 2.05) is 62.4 Å². The molecule has 0 aromatic heterocycles. The van der Waals surface area contributed by atoms with Gasteiger partial charge in [0.15, 0.2) is 0 Å². The summed E-state index contributed by atoms with van der Waals surface area (Å²) < 4.78 is 0. The molecule has 0 saturated carbocycles. The van der Waals surface area contributed by atoms with Gasteiger partial charge in [-0.1, -0.05) is 60.7 Å². The van der Waals surface area contributed by atoms with E-state index in [1.54, 1.807) is 4.90 Å². The summed E-state index contributed by atoms with van der Waals surface area (Å²) in [6.45, 7) is 5.55. The number of hydrogen-bond acceptors (Lipinski definition) is 2. The van der Waals surface area contributed by atoms with Crippen molar-refractivity contribution in [2.75, 3.05) is 19.6 Å². The summed E-state index contributed by atoms with van der Waals surface area (Å²) in [5.74, 6) is -0.0701. The molecule has 0 radical (unpaired) electrons. The van der Waals surface area contributed by atoms with E-state index in [0.29, 0.717) is 19.6 Å². The van der Waals surface area contributed by atoms with Gasteiger partial charge < -0.3 is 15.5 Å². The fourth-order valence-corrected chi connectivity index (χ4v) is 3.84. The predicted octanol–water partition coefficient (Wildman–Crippen LogP) is 3.70. The van der Waals surface area contributed by atoms with Crippen molar-refractivity contribution in [3.05, 3.63) is 71.8 Å². The summed E-state index contributed by atoms with van der Waals surface area (Å²) in [5.41, 5.74) is 2.25. The van der Waals surface area contributed by atoms with Gasteiger partial charge in [0.1, 0.15) is 0 Å². The van der Waals surface area contributed by atoms with Crippen molar-refractivity contribution < 1.29 is 9.59 Å². The molecule has 0 aliphatic carbocycles. The van der Waals surface area contributed by atoms with Crippen molar-refractivity contribution in [2.24, 2.45) is 5.92 Å². The second kappa shape index (κ2) is 9.40. The van der Waals surface area contributed by atoms with Crippen LogP contribution in [0.3, 0.4) is 0 Å². The van der Waals surface area contributed by atoms with Crippen LogP contribution >= 0.6 is 0 Å². The van der Waals surface area contributed by atoms with E-state index < -0.39 is 0 Å².